The molecule has 1 heterocycles. The van der Waals surface area contributed by atoms with E-state index in [-0.39, 0.29) is 0 Å². The molecule has 0 aliphatic carbocycles. The molecule has 1 rings (SSSR count). The number of ketones is 1. The Morgan fingerprint density at radius 3 is 2.93 bits per heavy atom. The number of thiophene rings is 1. The Bertz CT molecular complexity index is 322. The molecule has 0 saturated heterocycles. The van der Waals surface area contributed by atoms with Gasteiger partial charge in [0.25, 0.3) is 0 Å². The van der Waals surface area contributed by atoms with Crippen LogP contribution in [0.5, 0.6) is 0 Å². The number of hydrogen-bond donors (Lipinski definition) is 0. The minimum atomic E-state index is 0.323. The highest BCUT2D eigenvalue weighted by atomic mass is 79.9. The zero-order valence-corrected chi connectivity index (χ0v) is 12.2. The molecule has 0 bridgehead atoms. The average Bonchev–Trinajstić information content (AvgIpc) is 2.61. The Hall–Kier alpha value is 0.200. The zero-order valence-electron chi connectivity index (χ0n) is 8.96. The molecule has 0 aliphatic rings. The van der Waals surface area contributed by atoms with Crippen LogP contribution in [-0.2, 0) is 11.2 Å². The van der Waals surface area contributed by atoms with Gasteiger partial charge in [0, 0.05) is 21.0 Å². The number of halogens is 1. The van der Waals surface area contributed by atoms with Crippen molar-refractivity contribution < 1.29 is 4.79 Å². The molecule has 0 amide bonds. The summed E-state index contributed by atoms with van der Waals surface area (Å²) in [5.41, 5.74) is 0. The van der Waals surface area contributed by atoms with Gasteiger partial charge in [0.05, 0.1) is 5.75 Å². The number of carbonyl (C=O) groups excluding carboxylic acids is 1. The summed E-state index contributed by atoms with van der Waals surface area (Å²) in [5.74, 6) is 0.961. The van der Waals surface area contributed by atoms with Crippen LogP contribution in [-0.4, -0.2) is 16.8 Å². The van der Waals surface area contributed by atoms with Crippen molar-refractivity contribution >= 4 is 44.8 Å². The molecule has 0 aliphatic heterocycles. The molecule has 0 aromatic carbocycles. The van der Waals surface area contributed by atoms with E-state index in [0.29, 0.717) is 23.2 Å². The Morgan fingerprint density at radius 1 is 1.67 bits per heavy atom. The second kappa shape index (κ2) is 6.71. The van der Waals surface area contributed by atoms with Crippen molar-refractivity contribution in [1.82, 2.24) is 0 Å². The third-order valence-electron chi connectivity index (χ3n) is 2.15. The molecular formula is C11H15BrOS2. The van der Waals surface area contributed by atoms with Crippen molar-refractivity contribution in [2.45, 2.75) is 31.9 Å². The Kier molecular flexibility index (Phi) is 5.94. The summed E-state index contributed by atoms with van der Waals surface area (Å²) in [7, 11) is 0. The highest BCUT2D eigenvalue weighted by Gasteiger charge is 2.09. The van der Waals surface area contributed by atoms with E-state index >= 15 is 0 Å². The van der Waals surface area contributed by atoms with Gasteiger partial charge in [-0.1, -0.05) is 13.8 Å². The molecule has 0 N–H and O–H groups in total. The summed E-state index contributed by atoms with van der Waals surface area (Å²) in [6.45, 7) is 4.32. The second-order valence-electron chi connectivity index (χ2n) is 3.44. The Morgan fingerprint density at radius 2 is 2.40 bits per heavy atom. The van der Waals surface area contributed by atoms with Crippen LogP contribution in [0.2, 0.25) is 0 Å². The van der Waals surface area contributed by atoms with E-state index in [1.54, 1.807) is 23.1 Å². The Balaban J connectivity index is 2.34. The monoisotopic (exact) mass is 306 g/mol. The van der Waals surface area contributed by atoms with Gasteiger partial charge < -0.3 is 0 Å². The molecule has 1 atom stereocenters. The van der Waals surface area contributed by atoms with Gasteiger partial charge in [-0.3, -0.25) is 4.79 Å². The largest absolute Gasteiger partial charge is 0.298 e. The van der Waals surface area contributed by atoms with E-state index in [9.17, 15) is 4.79 Å². The number of rotatable bonds is 6. The predicted molar refractivity (Wildman–Crippen MR) is 72.9 cm³/mol. The highest BCUT2D eigenvalue weighted by Crippen LogP contribution is 2.24. The topological polar surface area (TPSA) is 17.1 Å². The van der Waals surface area contributed by atoms with Gasteiger partial charge in [0.15, 0.2) is 0 Å². The van der Waals surface area contributed by atoms with Crippen LogP contribution in [0, 0.1) is 0 Å². The SMILES string of the molecule is CCC(C)SCC(=O)Cc1sccc1Br. The number of hydrogen-bond acceptors (Lipinski definition) is 3. The molecule has 0 fully saturated rings. The van der Waals surface area contributed by atoms with E-state index in [1.807, 2.05) is 11.4 Å². The van der Waals surface area contributed by atoms with Gasteiger partial charge in [0.2, 0.25) is 0 Å². The van der Waals surface area contributed by atoms with Crippen molar-refractivity contribution in [3.8, 4) is 0 Å². The van der Waals surface area contributed by atoms with Gasteiger partial charge in [-0.2, -0.15) is 11.8 Å². The van der Waals surface area contributed by atoms with Gasteiger partial charge >= 0.3 is 0 Å². The van der Waals surface area contributed by atoms with Crippen molar-refractivity contribution in [3.63, 3.8) is 0 Å². The third-order valence-corrected chi connectivity index (χ3v) is 5.47. The first-order valence-corrected chi connectivity index (χ1v) is 7.70. The smallest absolute Gasteiger partial charge is 0.147 e. The molecule has 4 heteroatoms. The zero-order chi connectivity index (χ0) is 11.3. The standard InChI is InChI=1S/C11H15BrOS2/c1-3-8(2)15-7-9(13)6-11-10(12)4-5-14-11/h4-5,8H,3,6-7H2,1-2H3. The van der Waals surface area contributed by atoms with E-state index in [2.05, 4.69) is 29.8 Å². The van der Waals surface area contributed by atoms with E-state index in [4.69, 9.17) is 0 Å². The molecule has 1 aromatic rings. The summed E-state index contributed by atoms with van der Waals surface area (Å²) in [5, 5.41) is 2.59. The van der Waals surface area contributed by atoms with Crippen molar-refractivity contribution in [2.75, 3.05) is 5.75 Å². The lowest BCUT2D eigenvalue weighted by Gasteiger charge is -2.06. The normalized spacial score (nSPS) is 12.7. The lowest BCUT2D eigenvalue weighted by Crippen LogP contribution is -2.08. The van der Waals surface area contributed by atoms with Crippen LogP contribution < -0.4 is 0 Å². The molecule has 1 aromatic heterocycles. The molecule has 0 saturated carbocycles. The first-order chi connectivity index (χ1) is 7.13. The summed E-state index contributed by atoms with van der Waals surface area (Å²) in [6.07, 6.45) is 1.70. The second-order valence-corrected chi connectivity index (χ2v) is 6.72. The quantitative estimate of drug-likeness (QED) is 0.785. The summed E-state index contributed by atoms with van der Waals surface area (Å²) < 4.78 is 1.06. The summed E-state index contributed by atoms with van der Waals surface area (Å²) in [6, 6.07) is 2.00. The number of carbonyl (C=O) groups is 1. The maximum atomic E-state index is 11.6. The lowest BCUT2D eigenvalue weighted by atomic mass is 10.3. The fourth-order valence-corrected chi connectivity index (χ4v) is 3.36. The maximum Gasteiger partial charge on any atom is 0.147 e. The molecule has 1 nitrogen and oxygen atoms in total. The van der Waals surface area contributed by atoms with Crippen molar-refractivity contribution in [3.05, 3.63) is 20.8 Å². The third kappa shape index (κ3) is 4.70. The molecule has 15 heavy (non-hydrogen) atoms. The minimum absolute atomic E-state index is 0.323. The van der Waals surface area contributed by atoms with Crippen molar-refractivity contribution in [2.24, 2.45) is 0 Å². The first kappa shape index (κ1) is 13.3. The fraction of sp³-hybridized carbons (Fsp3) is 0.545. The maximum absolute atomic E-state index is 11.6. The average molecular weight is 307 g/mol. The van der Waals surface area contributed by atoms with Gasteiger partial charge in [-0.15, -0.1) is 11.3 Å². The van der Waals surface area contributed by atoms with Crippen LogP contribution in [0.15, 0.2) is 15.9 Å². The van der Waals surface area contributed by atoms with Gasteiger partial charge in [0.1, 0.15) is 5.78 Å². The Labute approximate surface area is 108 Å². The number of Topliss-reactive ketones (excluding diaryl/α,β-unsaturated/α-hetero) is 1. The number of thioether (sulfide) groups is 1. The molecule has 84 valence electrons. The van der Waals surface area contributed by atoms with E-state index in [0.717, 1.165) is 15.8 Å². The lowest BCUT2D eigenvalue weighted by molar-refractivity contribution is -0.115. The van der Waals surface area contributed by atoms with Crippen LogP contribution in [0.3, 0.4) is 0 Å². The molecule has 1 unspecified atom stereocenters. The molecule has 0 radical (unpaired) electrons. The summed E-state index contributed by atoms with van der Waals surface area (Å²) >= 11 is 6.83. The molecular weight excluding hydrogens is 292 g/mol. The van der Waals surface area contributed by atoms with Crippen LogP contribution >= 0.6 is 39.0 Å². The molecule has 0 spiro atoms. The van der Waals surface area contributed by atoms with Crippen LogP contribution in [0.25, 0.3) is 0 Å². The van der Waals surface area contributed by atoms with Gasteiger partial charge in [-0.25, -0.2) is 0 Å². The van der Waals surface area contributed by atoms with E-state index in [1.165, 1.54) is 0 Å². The first-order valence-electron chi connectivity index (χ1n) is 4.98. The van der Waals surface area contributed by atoms with Crippen molar-refractivity contribution in [1.29, 1.82) is 0 Å². The fourth-order valence-electron chi connectivity index (χ4n) is 1.03. The van der Waals surface area contributed by atoms with Crippen LogP contribution in [0.1, 0.15) is 25.1 Å². The van der Waals surface area contributed by atoms with Gasteiger partial charge in [-0.05, 0) is 33.8 Å². The predicted octanol–water partition coefficient (Wildman–Crippen LogP) is 4.15. The summed E-state index contributed by atoms with van der Waals surface area (Å²) in [4.78, 5) is 12.8. The minimum Gasteiger partial charge on any atom is -0.298 e. The highest BCUT2D eigenvalue weighted by molar-refractivity contribution is 9.10. The van der Waals surface area contributed by atoms with E-state index < -0.39 is 0 Å². The van der Waals surface area contributed by atoms with Crippen LogP contribution in [0.4, 0.5) is 0 Å².